The molecule has 1 heterocycles. The van der Waals surface area contributed by atoms with E-state index in [9.17, 15) is 0 Å². The first-order chi connectivity index (χ1) is 24.3. The molecule has 3 rings (SSSR count). The van der Waals surface area contributed by atoms with Gasteiger partial charge in [-0.15, -0.1) is 14.6 Å². The van der Waals surface area contributed by atoms with Crippen molar-refractivity contribution in [2.75, 3.05) is 57.8 Å². The average molecular weight is 717 g/mol. The Kier molecular flexibility index (Phi) is 33.7. The van der Waals surface area contributed by atoms with Crippen molar-refractivity contribution < 1.29 is 18.4 Å². The van der Waals surface area contributed by atoms with E-state index in [1.54, 1.807) is 0 Å². The normalized spacial score (nSPS) is 10.4. The largest absolute Gasteiger partial charge is 0.491 e. The van der Waals surface area contributed by atoms with Gasteiger partial charge in [0.05, 0.1) is 38.7 Å². The minimum Gasteiger partial charge on any atom is -0.491 e. The van der Waals surface area contributed by atoms with E-state index in [1.165, 1.54) is 19.3 Å². The molecule has 1 aromatic heterocycles. The number of aryl methyl sites for hydroxylation is 2. The summed E-state index contributed by atoms with van der Waals surface area (Å²) in [7, 11) is 0.317. The van der Waals surface area contributed by atoms with Crippen LogP contribution in [0, 0.1) is 0 Å². The van der Waals surface area contributed by atoms with Crippen molar-refractivity contribution in [3.8, 4) is 5.75 Å². The molecule has 50 heavy (non-hydrogen) atoms. The fourth-order valence-electron chi connectivity index (χ4n) is 3.60. The molecule has 0 saturated carbocycles. The summed E-state index contributed by atoms with van der Waals surface area (Å²) in [6.45, 7) is 22.4. The molecule has 0 aliphatic rings. The molecular weight excluding hydrogens is 645 g/mol. The monoisotopic (exact) mass is 717 g/mol. The predicted octanol–water partition coefficient (Wildman–Crippen LogP) is 10.4. The van der Waals surface area contributed by atoms with Crippen molar-refractivity contribution in [3.05, 3.63) is 71.5 Å². The van der Waals surface area contributed by atoms with E-state index < -0.39 is 9.49 Å². The number of benzene rings is 2. The molecule has 0 radical (unpaired) electrons. The van der Waals surface area contributed by atoms with Crippen LogP contribution in [0.15, 0.2) is 54.7 Å². The van der Waals surface area contributed by atoms with Crippen LogP contribution < -0.4 is 10.1 Å². The minimum absolute atomic E-state index is 0.475. The van der Waals surface area contributed by atoms with Gasteiger partial charge in [0.1, 0.15) is 12.4 Å². The summed E-state index contributed by atoms with van der Waals surface area (Å²) >= 11 is 0. The van der Waals surface area contributed by atoms with Gasteiger partial charge in [-0.3, -0.25) is 4.68 Å². The first-order valence-electron chi connectivity index (χ1n) is 18.6. The van der Waals surface area contributed by atoms with Crippen LogP contribution in [0.4, 0.5) is 5.69 Å². The number of nitrogens with one attached hydrogen (secondary N) is 1. The van der Waals surface area contributed by atoms with E-state index in [0.717, 1.165) is 53.4 Å². The molecule has 0 bridgehead atoms. The van der Waals surface area contributed by atoms with Crippen molar-refractivity contribution >= 4 is 39.1 Å². The number of aromatic nitrogens is 3. The van der Waals surface area contributed by atoms with Crippen LogP contribution in [0.2, 0.25) is 0 Å². The fourth-order valence-corrected chi connectivity index (χ4v) is 4.79. The van der Waals surface area contributed by atoms with E-state index in [-0.39, 0.29) is 0 Å². The summed E-state index contributed by atoms with van der Waals surface area (Å²) < 4.78 is 24.7. The lowest BCUT2D eigenvalue weighted by Gasteiger charge is -2.15. The topological polar surface area (TPSA) is 79.7 Å². The lowest BCUT2D eigenvalue weighted by molar-refractivity contribution is 0.0290. The molecule has 1 N–H and O–H groups in total. The van der Waals surface area contributed by atoms with Gasteiger partial charge in [0, 0.05) is 31.2 Å². The molecule has 0 fully saturated rings. The second-order valence-corrected chi connectivity index (χ2v) is 13.3. The van der Waals surface area contributed by atoms with Crippen LogP contribution in [0.1, 0.15) is 105 Å². The van der Waals surface area contributed by atoms with Crippen molar-refractivity contribution in [1.29, 1.82) is 0 Å². The zero-order chi connectivity index (χ0) is 37.9. The van der Waals surface area contributed by atoms with E-state index in [2.05, 4.69) is 98.4 Å². The molecule has 2 aromatic carbocycles. The molecule has 0 saturated heterocycles. The maximum Gasteiger partial charge on any atom is 0.119 e. The van der Waals surface area contributed by atoms with Crippen LogP contribution in [0.25, 0.3) is 12.2 Å². The van der Waals surface area contributed by atoms with Crippen LogP contribution >= 0.6 is 9.49 Å². The zero-order valence-corrected chi connectivity index (χ0v) is 34.2. The van der Waals surface area contributed by atoms with E-state index in [1.807, 2.05) is 69.9 Å². The molecule has 0 spiro atoms. The molecule has 0 aliphatic heterocycles. The highest BCUT2D eigenvalue weighted by Crippen LogP contribution is 2.21. The summed E-state index contributed by atoms with van der Waals surface area (Å²) in [6, 6.07) is 16.3. The molecule has 8 nitrogen and oxygen atoms in total. The van der Waals surface area contributed by atoms with Gasteiger partial charge in [0.2, 0.25) is 0 Å². The Hall–Kier alpha value is -3.11. The lowest BCUT2D eigenvalue weighted by atomic mass is 10.1. The Balaban J connectivity index is 0. The van der Waals surface area contributed by atoms with Gasteiger partial charge in [-0.25, -0.2) is 0 Å². The van der Waals surface area contributed by atoms with Gasteiger partial charge in [-0.1, -0.05) is 135 Å². The van der Waals surface area contributed by atoms with Gasteiger partial charge >= 0.3 is 0 Å². The molecule has 0 amide bonds. The Morgan fingerprint density at radius 1 is 0.740 bits per heavy atom. The van der Waals surface area contributed by atoms with Crippen molar-refractivity contribution in [2.24, 2.45) is 0 Å². The predicted molar refractivity (Wildman–Crippen MR) is 224 cm³/mol. The minimum atomic E-state index is -1.60. The maximum atomic E-state index is 5.87. The summed E-state index contributed by atoms with van der Waals surface area (Å²) in [5.41, 5.74) is 4.38. The Labute approximate surface area is 307 Å². The Morgan fingerprint density at radius 2 is 1.24 bits per heavy atom. The molecular formula is C41H72N4O4S. The highest BCUT2D eigenvalue weighted by molar-refractivity contribution is 8.23. The number of hydrogen-bond donors (Lipinski definition) is 1. The fraction of sp³-hybridized carbons (Fsp3) is 0.561. The highest BCUT2D eigenvalue weighted by atomic mass is 32.2. The van der Waals surface area contributed by atoms with Crippen molar-refractivity contribution in [3.63, 3.8) is 0 Å². The number of rotatable bonds is 20. The number of anilines is 1. The van der Waals surface area contributed by atoms with Crippen LogP contribution in [0.5, 0.6) is 5.75 Å². The molecule has 9 heteroatoms. The van der Waals surface area contributed by atoms with Crippen molar-refractivity contribution in [1.82, 2.24) is 15.0 Å². The third kappa shape index (κ3) is 26.7. The Morgan fingerprint density at radius 3 is 1.72 bits per heavy atom. The van der Waals surface area contributed by atoms with E-state index >= 15 is 0 Å². The summed E-state index contributed by atoms with van der Waals surface area (Å²) in [5.74, 6) is 9.93. The highest BCUT2D eigenvalue weighted by Gasteiger charge is 2.02. The standard InChI is InChI=1S/C30H42N4O4S.C4H10.C3H8.2C2H6/c1-5-28-25-34(33-32-28)17-6-24-39(3,4)38-23-21-36-19-18-35-20-22-37-30-15-11-27(12-16-30)8-7-26-9-13-29(31-2)14-10-26;1-3-4-2;1-3-2;2*1-2/h7-16,25,31H,3-6,17-24H2,1-2H3;3-4H2,1-2H3;3H2,1-2H3;2*1-2H3/b8-7+;;;;. The summed E-state index contributed by atoms with van der Waals surface area (Å²) in [4.78, 5) is 0. The molecule has 0 atom stereocenters. The average Bonchev–Trinajstić information content (AvgIpc) is 3.62. The molecule has 3 aromatic rings. The van der Waals surface area contributed by atoms with Gasteiger partial charge < -0.3 is 23.7 Å². The molecule has 0 unspecified atom stereocenters. The van der Waals surface area contributed by atoms with Crippen LogP contribution in [-0.4, -0.2) is 79.2 Å². The number of hydrogen-bond acceptors (Lipinski definition) is 7. The van der Waals surface area contributed by atoms with E-state index in [4.69, 9.17) is 18.4 Å². The number of ether oxygens (including phenoxy) is 3. The SMILES string of the molecule is C=S(=C)(CCCn1cc(CC)nn1)OCCOCCOCCOc1ccc(/C=C/c2ccc(NC)cc2)cc1.CC.CC.CCC.CCCC. The smallest absolute Gasteiger partial charge is 0.119 e. The first kappa shape index (κ1) is 49.0. The zero-order valence-electron chi connectivity index (χ0n) is 33.3. The van der Waals surface area contributed by atoms with Gasteiger partial charge in [-0.05, 0) is 48.2 Å². The third-order valence-corrected chi connectivity index (χ3v) is 8.03. The summed E-state index contributed by atoms with van der Waals surface area (Å²) in [6.07, 6.45) is 11.8. The van der Waals surface area contributed by atoms with E-state index in [0.29, 0.717) is 39.6 Å². The van der Waals surface area contributed by atoms with Crippen LogP contribution in [0.3, 0.4) is 0 Å². The quantitative estimate of drug-likeness (QED) is 0.0708. The summed E-state index contributed by atoms with van der Waals surface area (Å²) in [5, 5.41) is 11.3. The van der Waals surface area contributed by atoms with Gasteiger partial charge in [0.15, 0.2) is 0 Å². The van der Waals surface area contributed by atoms with Crippen molar-refractivity contribution in [2.45, 2.75) is 101 Å². The maximum absolute atomic E-state index is 5.87. The van der Waals surface area contributed by atoms with Gasteiger partial charge in [0.25, 0.3) is 0 Å². The molecule has 286 valence electrons. The number of nitrogens with zero attached hydrogens (tertiary/aromatic N) is 3. The number of unbranched alkanes of at least 4 members (excludes halogenated alkanes) is 1. The second kappa shape index (κ2) is 34.3. The van der Waals surface area contributed by atoms with Gasteiger partial charge in [-0.2, -0.15) is 0 Å². The Bertz CT molecular complexity index is 1270. The first-order valence-corrected chi connectivity index (χ1v) is 20.7. The second-order valence-electron chi connectivity index (χ2n) is 10.7. The third-order valence-electron chi connectivity index (χ3n) is 6.33. The van der Waals surface area contributed by atoms with Crippen LogP contribution in [-0.2, 0) is 26.6 Å². The molecule has 0 aliphatic carbocycles. The lowest BCUT2D eigenvalue weighted by Crippen LogP contribution is -2.12.